The van der Waals surface area contributed by atoms with E-state index in [0.717, 1.165) is 4.90 Å². The first-order chi connectivity index (χ1) is 9.97. The normalized spacial score (nSPS) is 18.6. The standard InChI is InChI=1S/C12H12N4O5/c1-6-4-8(14-21-6)13-9(17)5-15-10(18)11(19)16(12(15)20)7-2-3-7/h4,7H,2-3,5H2,1H3,(H,13,14,17). The Hall–Kier alpha value is -2.71. The molecule has 2 aliphatic rings. The van der Waals surface area contributed by atoms with Crippen molar-refractivity contribution in [3.8, 4) is 0 Å². The molecule has 1 N–H and O–H groups in total. The number of rotatable bonds is 4. The molecule has 1 aliphatic heterocycles. The van der Waals surface area contributed by atoms with Crippen LogP contribution in [-0.4, -0.2) is 51.3 Å². The number of carbonyl (C=O) groups is 4. The van der Waals surface area contributed by atoms with Gasteiger partial charge < -0.3 is 9.84 Å². The molecule has 0 atom stereocenters. The third-order valence-corrected chi connectivity index (χ3v) is 3.19. The van der Waals surface area contributed by atoms with Gasteiger partial charge in [0.15, 0.2) is 5.82 Å². The van der Waals surface area contributed by atoms with E-state index >= 15 is 0 Å². The molecule has 0 aromatic carbocycles. The van der Waals surface area contributed by atoms with Gasteiger partial charge in [-0.05, 0) is 19.8 Å². The molecule has 110 valence electrons. The Kier molecular flexibility index (Phi) is 2.96. The molecule has 2 heterocycles. The Morgan fingerprint density at radius 1 is 1.38 bits per heavy atom. The molecular formula is C12H12N4O5. The van der Waals surface area contributed by atoms with E-state index in [1.54, 1.807) is 6.92 Å². The number of nitrogens with one attached hydrogen (secondary N) is 1. The lowest BCUT2D eigenvalue weighted by Crippen LogP contribution is -2.39. The van der Waals surface area contributed by atoms with Crippen LogP contribution in [-0.2, 0) is 14.4 Å². The van der Waals surface area contributed by atoms with Gasteiger partial charge in [0, 0.05) is 12.1 Å². The molecule has 3 rings (SSSR count). The number of aryl methyl sites for hydroxylation is 1. The van der Waals surface area contributed by atoms with E-state index in [0.29, 0.717) is 23.5 Å². The minimum Gasteiger partial charge on any atom is -0.360 e. The van der Waals surface area contributed by atoms with Crippen LogP contribution in [0.5, 0.6) is 0 Å². The SMILES string of the molecule is Cc1cc(NC(=O)CN2C(=O)C(=O)N(C3CC3)C2=O)no1. The highest BCUT2D eigenvalue weighted by molar-refractivity contribution is 6.45. The maximum absolute atomic E-state index is 12.0. The van der Waals surface area contributed by atoms with Gasteiger partial charge in [0.05, 0.1) is 0 Å². The summed E-state index contributed by atoms with van der Waals surface area (Å²) in [6, 6.07) is 0.548. The Morgan fingerprint density at radius 3 is 2.67 bits per heavy atom. The molecule has 9 heteroatoms. The van der Waals surface area contributed by atoms with Gasteiger partial charge in [-0.25, -0.2) is 9.69 Å². The number of carbonyl (C=O) groups excluding carboxylic acids is 4. The number of hydrogen-bond acceptors (Lipinski definition) is 6. The van der Waals surface area contributed by atoms with Crippen LogP contribution in [0.3, 0.4) is 0 Å². The van der Waals surface area contributed by atoms with E-state index < -0.39 is 30.3 Å². The molecule has 1 aliphatic carbocycles. The van der Waals surface area contributed by atoms with Crippen LogP contribution in [0.4, 0.5) is 10.6 Å². The zero-order valence-corrected chi connectivity index (χ0v) is 11.2. The summed E-state index contributed by atoms with van der Waals surface area (Å²) in [6.07, 6.45) is 1.39. The van der Waals surface area contributed by atoms with Crippen molar-refractivity contribution in [1.29, 1.82) is 0 Å². The van der Waals surface area contributed by atoms with Gasteiger partial charge in [-0.2, -0.15) is 0 Å². The quantitative estimate of drug-likeness (QED) is 0.611. The summed E-state index contributed by atoms with van der Waals surface area (Å²) in [5.41, 5.74) is 0. The zero-order valence-electron chi connectivity index (χ0n) is 11.2. The molecule has 5 amide bonds. The Morgan fingerprint density at radius 2 is 2.10 bits per heavy atom. The minimum absolute atomic E-state index is 0.182. The smallest absolute Gasteiger partial charge is 0.334 e. The van der Waals surface area contributed by atoms with Crippen LogP contribution >= 0.6 is 0 Å². The first kappa shape index (κ1) is 13.3. The topological polar surface area (TPSA) is 113 Å². The lowest BCUT2D eigenvalue weighted by Gasteiger charge is -2.14. The molecule has 1 aromatic heterocycles. The largest absolute Gasteiger partial charge is 0.360 e. The predicted molar refractivity (Wildman–Crippen MR) is 66.8 cm³/mol. The molecular weight excluding hydrogens is 280 g/mol. The number of hydrogen-bond donors (Lipinski definition) is 1. The van der Waals surface area contributed by atoms with Crippen LogP contribution in [0.15, 0.2) is 10.6 Å². The molecule has 1 aromatic rings. The van der Waals surface area contributed by atoms with E-state index in [1.807, 2.05) is 0 Å². The number of nitrogens with zero attached hydrogens (tertiary/aromatic N) is 3. The van der Waals surface area contributed by atoms with Gasteiger partial charge in [-0.15, -0.1) is 0 Å². The summed E-state index contributed by atoms with van der Waals surface area (Å²) >= 11 is 0. The molecule has 21 heavy (non-hydrogen) atoms. The molecule has 1 saturated carbocycles. The van der Waals surface area contributed by atoms with Gasteiger partial charge in [-0.1, -0.05) is 5.16 Å². The van der Waals surface area contributed by atoms with Crippen molar-refractivity contribution in [3.05, 3.63) is 11.8 Å². The fourth-order valence-corrected chi connectivity index (χ4v) is 2.07. The first-order valence-electron chi connectivity index (χ1n) is 6.39. The number of amides is 5. The fraction of sp³-hybridized carbons (Fsp3) is 0.417. The van der Waals surface area contributed by atoms with Gasteiger partial charge >= 0.3 is 17.8 Å². The third kappa shape index (κ3) is 2.37. The Balaban J connectivity index is 1.66. The van der Waals surface area contributed by atoms with Crippen molar-refractivity contribution in [3.63, 3.8) is 0 Å². The van der Waals surface area contributed by atoms with Crippen molar-refractivity contribution in [2.45, 2.75) is 25.8 Å². The van der Waals surface area contributed by atoms with Crippen LogP contribution in [0.25, 0.3) is 0 Å². The highest BCUT2D eigenvalue weighted by Gasteiger charge is 2.51. The van der Waals surface area contributed by atoms with Gasteiger partial charge in [0.1, 0.15) is 12.3 Å². The third-order valence-electron chi connectivity index (χ3n) is 3.19. The van der Waals surface area contributed by atoms with Crippen molar-refractivity contribution in [1.82, 2.24) is 15.0 Å². The summed E-state index contributed by atoms with van der Waals surface area (Å²) in [7, 11) is 0. The highest BCUT2D eigenvalue weighted by Crippen LogP contribution is 2.30. The molecule has 0 unspecified atom stereocenters. The highest BCUT2D eigenvalue weighted by atomic mass is 16.5. The Labute approximate surface area is 118 Å². The van der Waals surface area contributed by atoms with Crippen LogP contribution in [0.1, 0.15) is 18.6 Å². The zero-order chi connectivity index (χ0) is 15.1. The summed E-state index contributed by atoms with van der Waals surface area (Å²) in [5.74, 6) is -1.78. The molecule has 9 nitrogen and oxygen atoms in total. The van der Waals surface area contributed by atoms with Crippen LogP contribution in [0.2, 0.25) is 0 Å². The monoisotopic (exact) mass is 292 g/mol. The molecule has 2 fully saturated rings. The second-order valence-corrected chi connectivity index (χ2v) is 4.95. The van der Waals surface area contributed by atoms with E-state index in [4.69, 9.17) is 4.52 Å². The lowest BCUT2D eigenvalue weighted by atomic mass is 10.4. The fourth-order valence-electron chi connectivity index (χ4n) is 2.07. The summed E-state index contributed by atoms with van der Waals surface area (Å²) in [6.45, 7) is 1.13. The van der Waals surface area contributed by atoms with E-state index in [9.17, 15) is 19.2 Å². The second kappa shape index (κ2) is 4.69. The number of urea groups is 1. The van der Waals surface area contributed by atoms with Crippen molar-refractivity contribution >= 4 is 29.6 Å². The van der Waals surface area contributed by atoms with Crippen molar-refractivity contribution in [2.75, 3.05) is 11.9 Å². The summed E-state index contributed by atoms with van der Waals surface area (Å²) in [4.78, 5) is 48.8. The second-order valence-electron chi connectivity index (χ2n) is 4.95. The van der Waals surface area contributed by atoms with Gasteiger partial charge in [0.25, 0.3) is 0 Å². The molecule has 0 spiro atoms. The molecule has 0 bridgehead atoms. The van der Waals surface area contributed by atoms with Gasteiger partial charge in [0.2, 0.25) is 5.91 Å². The van der Waals surface area contributed by atoms with E-state index in [2.05, 4.69) is 10.5 Å². The lowest BCUT2D eigenvalue weighted by molar-refractivity contribution is -0.143. The first-order valence-corrected chi connectivity index (χ1v) is 6.39. The maximum atomic E-state index is 12.0. The van der Waals surface area contributed by atoms with E-state index in [-0.39, 0.29) is 11.9 Å². The minimum atomic E-state index is -0.974. The van der Waals surface area contributed by atoms with Crippen molar-refractivity contribution in [2.24, 2.45) is 0 Å². The van der Waals surface area contributed by atoms with Crippen LogP contribution < -0.4 is 5.32 Å². The van der Waals surface area contributed by atoms with Crippen molar-refractivity contribution < 1.29 is 23.7 Å². The van der Waals surface area contributed by atoms with Crippen LogP contribution in [0, 0.1) is 6.92 Å². The van der Waals surface area contributed by atoms with Gasteiger partial charge in [-0.3, -0.25) is 19.3 Å². The number of aromatic nitrogens is 1. The average Bonchev–Trinajstić information content (AvgIpc) is 3.14. The number of anilines is 1. The maximum Gasteiger partial charge on any atom is 0.334 e. The Bertz CT molecular complexity index is 648. The molecule has 0 radical (unpaired) electrons. The predicted octanol–water partition coefficient (Wildman–Crippen LogP) is -0.125. The average molecular weight is 292 g/mol. The van der Waals surface area contributed by atoms with E-state index in [1.165, 1.54) is 6.07 Å². The summed E-state index contributed by atoms with van der Waals surface area (Å²) in [5, 5.41) is 5.95. The summed E-state index contributed by atoms with van der Waals surface area (Å²) < 4.78 is 4.78. The molecule has 1 saturated heterocycles. The number of imide groups is 2.